The molecule has 1 aliphatic heterocycles. The smallest absolute Gasteiger partial charge is 0.339 e. The standard InChI is InChI=1S/C29H23FN4O4/c1-4-16-8-10-19-21(12-16)27(25-22(30)6-5-7-23(25)37-2)31-14-17-15-32-29(34-26(17)19)33-18-9-11-20(28(35)36)24(13-18)38-3/h4-13,15H,1,14H2,2-3H3,(H,35,36)(H,32,33,34). The Morgan fingerprint density at radius 1 is 1.08 bits per heavy atom. The van der Waals surface area contributed by atoms with Crippen molar-refractivity contribution in [1.82, 2.24) is 9.97 Å². The Balaban J connectivity index is 1.62. The van der Waals surface area contributed by atoms with Gasteiger partial charge < -0.3 is 19.9 Å². The van der Waals surface area contributed by atoms with Crippen LogP contribution >= 0.6 is 0 Å². The van der Waals surface area contributed by atoms with Gasteiger partial charge >= 0.3 is 5.97 Å². The zero-order valence-electron chi connectivity index (χ0n) is 20.7. The summed E-state index contributed by atoms with van der Waals surface area (Å²) in [5, 5.41) is 12.5. The van der Waals surface area contributed by atoms with Crippen molar-refractivity contribution < 1.29 is 23.8 Å². The number of hydrogen-bond donors (Lipinski definition) is 2. The molecule has 0 fully saturated rings. The summed E-state index contributed by atoms with van der Waals surface area (Å²) in [4.78, 5) is 25.4. The van der Waals surface area contributed by atoms with Crippen LogP contribution in [0.2, 0.25) is 0 Å². The number of nitrogens with one attached hydrogen (secondary N) is 1. The number of methoxy groups -OCH3 is 2. The fourth-order valence-electron chi connectivity index (χ4n) is 4.35. The largest absolute Gasteiger partial charge is 0.496 e. The van der Waals surface area contributed by atoms with Gasteiger partial charge in [-0.05, 0) is 35.9 Å². The van der Waals surface area contributed by atoms with E-state index in [0.29, 0.717) is 34.4 Å². The van der Waals surface area contributed by atoms with Crippen LogP contribution < -0.4 is 14.8 Å². The van der Waals surface area contributed by atoms with Gasteiger partial charge in [0.2, 0.25) is 5.95 Å². The van der Waals surface area contributed by atoms with Gasteiger partial charge in [0.1, 0.15) is 22.9 Å². The summed E-state index contributed by atoms with van der Waals surface area (Å²) in [5.41, 5.74) is 4.97. The van der Waals surface area contributed by atoms with Crippen LogP contribution in [0, 0.1) is 5.82 Å². The lowest BCUT2D eigenvalue weighted by molar-refractivity contribution is 0.0693. The van der Waals surface area contributed by atoms with E-state index in [1.807, 2.05) is 18.2 Å². The molecule has 0 amide bonds. The zero-order valence-corrected chi connectivity index (χ0v) is 20.7. The van der Waals surface area contributed by atoms with Crippen LogP contribution in [-0.4, -0.2) is 41.0 Å². The topological polar surface area (TPSA) is 106 Å². The number of carboxylic acids is 1. The third kappa shape index (κ3) is 4.45. The van der Waals surface area contributed by atoms with Crippen LogP contribution in [0.1, 0.15) is 32.6 Å². The highest BCUT2D eigenvalue weighted by molar-refractivity contribution is 6.18. The van der Waals surface area contributed by atoms with Crippen LogP contribution in [0.3, 0.4) is 0 Å². The van der Waals surface area contributed by atoms with Crippen molar-refractivity contribution in [3.05, 3.63) is 101 Å². The van der Waals surface area contributed by atoms with E-state index >= 15 is 4.39 Å². The molecule has 190 valence electrons. The van der Waals surface area contributed by atoms with Gasteiger partial charge in [0.15, 0.2) is 0 Å². The molecular weight excluding hydrogens is 487 g/mol. The molecule has 0 atom stereocenters. The number of benzene rings is 3. The lowest BCUT2D eigenvalue weighted by atomic mass is 9.93. The maximum absolute atomic E-state index is 15.1. The normalized spacial score (nSPS) is 11.9. The third-order valence-electron chi connectivity index (χ3n) is 6.18. The fraction of sp³-hybridized carbons (Fsp3) is 0.103. The van der Waals surface area contributed by atoms with E-state index in [0.717, 1.165) is 16.7 Å². The van der Waals surface area contributed by atoms with Gasteiger partial charge in [-0.1, -0.05) is 30.9 Å². The highest BCUT2D eigenvalue weighted by Crippen LogP contribution is 2.36. The van der Waals surface area contributed by atoms with E-state index in [2.05, 4.69) is 16.9 Å². The minimum Gasteiger partial charge on any atom is -0.496 e. The van der Waals surface area contributed by atoms with Crippen LogP contribution in [0.25, 0.3) is 17.3 Å². The van der Waals surface area contributed by atoms with Crippen LogP contribution in [0.15, 0.2) is 72.4 Å². The Hall–Kier alpha value is -5.05. The highest BCUT2D eigenvalue weighted by Gasteiger charge is 2.25. The number of aromatic carboxylic acids is 1. The molecule has 0 saturated heterocycles. The second-order valence-corrected chi connectivity index (χ2v) is 8.40. The predicted octanol–water partition coefficient (Wildman–Crippen LogP) is 5.74. The monoisotopic (exact) mass is 510 g/mol. The predicted molar refractivity (Wildman–Crippen MR) is 143 cm³/mol. The Kier molecular flexibility index (Phi) is 6.57. The molecule has 2 N–H and O–H groups in total. The van der Waals surface area contributed by atoms with E-state index in [4.69, 9.17) is 19.5 Å². The van der Waals surface area contributed by atoms with Gasteiger partial charge in [-0.3, -0.25) is 4.99 Å². The summed E-state index contributed by atoms with van der Waals surface area (Å²) in [5.74, 6) is -0.670. The number of carbonyl (C=O) groups is 1. The number of fused-ring (bicyclic) bond motifs is 3. The lowest BCUT2D eigenvalue weighted by Gasteiger charge is -2.15. The first-order valence-corrected chi connectivity index (χ1v) is 11.6. The van der Waals surface area contributed by atoms with Crippen molar-refractivity contribution in [3.63, 3.8) is 0 Å². The van der Waals surface area contributed by atoms with Crippen molar-refractivity contribution >= 4 is 29.4 Å². The third-order valence-corrected chi connectivity index (χ3v) is 6.18. The quantitative estimate of drug-likeness (QED) is 0.327. The molecule has 0 unspecified atom stereocenters. The van der Waals surface area contributed by atoms with Gasteiger partial charge in [0.25, 0.3) is 0 Å². The van der Waals surface area contributed by atoms with Crippen molar-refractivity contribution in [1.29, 1.82) is 0 Å². The van der Waals surface area contributed by atoms with Crippen LogP contribution in [0.5, 0.6) is 11.5 Å². The van der Waals surface area contributed by atoms with Gasteiger partial charge in [-0.2, -0.15) is 0 Å². The van der Waals surface area contributed by atoms with Crippen LogP contribution in [-0.2, 0) is 6.54 Å². The van der Waals surface area contributed by atoms with Gasteiger partial charge in [0.05, 0.1) is 37.7 Å². The molecule has 0 saturated carbocycles. The summed E-state index contributed by atoms with van der Waals surface area (Å²) in [7, 11) is 2.90. The van der Waals surface area contributed by atoms with E-state index < -0.39 is 11.8 Å². The number of halogens is 1. The molecule has 0 spiro atoms. The number of hydrogen-bond acceptors (Lipinski definition) is 7. The zero-order chi connectivity index (χ0) is 26.8. The lowest BCUT2D eigenvalue weighted by Crippen LogP contribution is -2.10. The molecule has 2 heterocycles. The molecule has 9 heteroatoms. The van der Waals surface area contributed by atoms with E-state index in [-0.39, 0.29) is 23.4 Å². The van der Waals surface area contributed by atoms with E-state index in [9.17, 15) is 9.90 Å². The molecule has 4 aromatic rings. The van der Waals surface area contributed by atoms with E-state index in [1.165, 1.54) is 26.4 Å². The molecule has 0 aliphatic carbocycles. The molecule has 38 heavy (non-hydrogen) atoms. The number of nitrogens with zero attached hydrogens (tertiary/aromatic N) is 3. The summed E-state index contributed by atoms with van der Waals surface area (Å²) in [6, 6.07) is 15.0. The van der Waals surface area contributed by atoms with Crippen molar-refractivity contribution in [3.8, 4) is 22.8 Å². The maximum atomic E-state index is 15.1. The second-order valence-electron chi connectivity index (χ2n) is 8.40. The average Bonchev–Trinajstić information content (AvgIpc) is 3.08. The Morgan fingerprint density at radius 3 is 2.63 bits per heavy atom. The number of rotatable bonds is 7. The van der Waals surface area contributed by atoms with Gasteiger partial charge in [0, 0.05) is 34.6 Å². The Bertz CT molecular complexity index is 1620. The number of aromatic nitrogens is 2. The molecular formula is C29H23FN4O4. The molecule has 1 aromatic heterocycles. The van der Waals surface area contributed by atoms with Crippen LogP contribution in [0.4, 0.5) is 16.0 Å². The molecule has 0 bridgehead atoms. The first kappa shape index (κ1) is 24.6. The number of carboxylic acid groups (broad SMARTS) is 1. The second kappa shape index (κ2) is 10.1. The minimum absolute atomic E-state index is 0.0427. The van der Waals surface area contributed by atoms with E-state index in [1.54, 1.807) is 36.5 Å². The number of aliphatic imine (C=N–C) groups is 1. The summed E-state index contributed by atoms with van der Waals surface area (Å²) in [6.07, 6.45) is 3.38. The summed E-state index contributed by atoms with van der Waals surface area (Å²) < 4.78 is 25.8. The molecule has 1 aliphatic rings. The molecule has 3 aromatic carbocycles. The molecule has 8 nitrogen and oxygen atoms in total. The number of anilines is 2. The number of ether oxygens (including phenoxy) is 2. The average molecular weight is 511 g/mol. The van der Waals surface area contributed by atoms with Crippen molar-refractivity contribution in [2.24, 2.45) is 4.99 Å². The maximum Gasteiger partial charge on any atom is 0.339 e. The highest BCUT2D eigenvalue weighted by atomic mass is 19.1. The first-order valence-electron chi connectivity index (χ1n) is 11.6. The van der Waals surface area contributed by atoms with Gasteiger partial charge in [-0.25, -0.2) is 19.2 Å². The fourth-order valence-corrected chi connectivity index (χ4v) is 4.35. The summed E-state index contributed by atoms with van der Waals surface area (Å²) >= 11 is 0. The van der Waals surface area contributed by atoms with Crippen molar-refractivity contribution in [2.75, 3.05) is 19.5 Å². The molecule has 0 radical (unpaired) electrons. The Morgan fingerprint density at radius 2 is 1.89 bits per heavy atom. The minimum atomic E-state index is -1.09. The SMILES string of the molecule is C=Cc1ccc2c(c1)C(c1c(F)cccc1OC)=NCc1cnc(Nc3ccc(C(=O)O)c(OC)c3)nc1-2. The van der Waals surface area contributed by atoms with Gasteiger partial charge in [-0.15, -0.1) is 0 Å². The first-order chi connectivity index (χ1) is 18.4. The molecule has 5 rings (SSSR count). The summed E-state index contributed by atoms with van der Waals surface area (Å²) in [6.45, 7) is 4.09. The Labute approximate surface area is 218 Å². The van der Waals surface area contributed by atoms with Crippen molar-refractivity contribution in [2.45, 2.75) is 6.54 Å².